The number of pyridine rings is 2. The average Bonchev–Trinajstić information content (AvgIpc) is 2.75. The lowest BCUT2D eigenvalue weighted by molar-refractivity contribution is 0.418. The predicted octanol–water partition coefficient (Wildman–Crippen LogP) is 2.53. The standard InChI is InChI=1S/C17H18N6O.C2H6/c1-24-14-11-20-10-13-15(14)17(23-8-6-19-7-9-23)22-16(21-13)12-2-4-18-5-3-12;1-2/h2-5,10-11,19H,6-9H2,1H3;1-2H3. The lowest BCUT2D eigenvalue weighted by Gasteiger charge is -2.29. The number of fused-ring (bicyclic) bond motifs is 1. The molecule has 0 aromatic carbocycles. The lowest BCUT2D eigenvalue weighted by atomic mass is 10.2. The third kappa shape index (κ3) is 3.57. The van der Waals surface area contributed by atoms with Gasteiger partial charge in [0.25, 0.3) is 0 Å². The maximum atomic E-state index is 5.51. The number of methoxy groups -OCH3 is 1. The third-order valence-corrected chi connectivity index (χ3v) is 4.13. The van der Waals surface area contributed by atoms with Crippen molar-refractivity contribution >= 4 is 16.7 Å². The summed E-state index contributed by atoms with van der Waals surface area (Å²) in [5.74, 6) is 2.27. The van der Waals surface area contributed by atoms with Crippen molar-refractivity contribution < 1.29 is 4.74 Å². The summed E-state index contributed by atoms with van der Waals surface area (Å²) in [5.41, 5.74) is 1.72. The number of hydrogen-bond donors (Lipinski definition) is 1. The maximum absolute atomic E-state index is 5.51. The van der Waals surface area contributed by atoms with Gasteiger partial charge in [-0.1, -0.05) is 13.8 Å². The number of hydrogen-bond acceptors (Lipinski definition) is 7. The summed E-state index contributed by atoms with van der Waals surface area (Å²) in [4.78, 5) is 20.1. The van der Waals surface area contributed by atoms with E-state index < -0.39 is 0 Å². The van der Waals surface area contributed by atoms with Crippen molar-refractivity contribution in [3.05, 3.63) is 36.9 Å². The Bertz CT molecular complexity index is 849. The number of aromatic nitrogens is 4. The molecule has 0 bridgehead atoms. The molecule has 0 atom stereocenters. The summed E-state index contributed by atoms with van der Waals surface area (Å²) < 4.78 is 5.51. The Balaban J connectivity index is 0.000000948. The van der Waals surface area contributed by atoms with Gasteiger partial charge in [-0.15, -0.1) is 0 Å². The summed E-state index contributed by atoms with van der Waals surface area (Å²) in [6.45, 7) is 7.66. The SMILES string of the molecule is CC.COc1cncc2nc(-c3ccncc3)nc(N3CCNCC3)c12. The van der Waals surface area contributed by atoms with Gasteiger partial charge < -0.3 is 15.0 Å². The molecule has 7 nitrogen and oxygen atoms in total. The van der Waals surface area contributed by atoms with E-state index in [2.05, 4.69) is 25.2 Å². The summed E-state index contributed by atoms with van der Waals surface area (Å²) in [6, 6.07) is 3.83. The second kappa shape index (κ2) is 8.53. The van der Waals surface area contributed by atoms with Crippen LogP contribution >= 0.6 is 0 Å². The van der Waals surface area contributed by atoms with Gasteiger partial charge in [0.2, 0.25) is 0 Å². The third-order valence-electron chi connectivity index (χ3n) is 4.13. The number of nitrogens with zero attached hydrogens (tertiary/aromatic N) is 5. The van der Waals surface area contributed by atoms with Crippen LogP contribution < -0.4 is 15.0 Å². The highest BCUT2D eigenvalue weighted by Crippen LogP contribution is 2.33. The molecule has 3 aromatic rings. The van der Waals surface area contributed by atoms with Gasteiger partial charge in [-0.2, -0.15) is 0 Å². The number of nitrogens with one attached hydrogen (secondary N) is 1. The first-order valence-electron chi connectivity index (χ1n) is 8.92. The van der Waals surface area contributed by atoms with Gasteiger partial charge in [0.15, 0.2) is 5.82 Å². The van der Waals surface area contributed by atoms with E-state index in [-0.39, 0.29) is 0 Å². The van der Waals surface area contributed by atoms with Crippen molar-refractivity contribution in [3.63, 3.8) is 0 Å². The van der Waals surface area contributed by atoms with Gasteiger partial charge in [0, 0.05) is 44.1 Å². The monoisotopic (exact) mass is 352 g/mol. The van der Waals surface area contributed by atoms with Crippen LogP contribution in [-0.4, -0.2) is 53.2 Å². The summed E-state index contributed by atoms with van der Waals surface area (Å²) in [5, 5.41) is 4.28. The molecule has 1 N–H and O–H groups in total. The van der Waals surface area contributed by atoms with Gasteiger partial charge in [-0.05, 0) is 12.1 Å². The zero-order valence-electron chi connectivity index (χ0n) is 15.4. The minimum atomic E-state index is 0.675. The molecule has 0 aliphatic carbocycles. The Kier molecular flexibility index (Phi) is 5.91. The lowest BCUT2D eigenvalue weighted by Crippen LogP contribution is -2.44. The molecule has 7 heteroatoms. The molecule has 0 radical (unpaired) electrons. The van der Waals surface area contributed by atoms with Crippen LogP contribution in [0.15, 0.2) is 36.9 Å². The normalized spacial score (nSPS) is 13.9. The molecule has 136 valence electrons. The topological polar surface area (TPSA) is 76.1 Å². The van der Waals surface area contributed by atoms with Gasteiger partial charge in [0.1, 0.15) is 11.6 Å². The van der Waals surface area contributed by atoms with Crippen molar-refractivity contribution in [2.45, 2.75) is 13.8 Å². The molecule has 1 aliphatic heterocycles. The second-order valence-electron chi connectivity index (χ2n) is 5.58. The van der Waals surface area contributed by atoms with Crippen LogP contribution in [-0.2, 0) is 0 Å². The van der Waals surface area contributed by atoms with Crippen molar-refractivity contribution in [1.82, 2.24) is 25.3 Å². The molecule has 0 amide bonds. The summed E-state index contributed by atoms with van der Waals surface area (Å²) >= 11 is 0. The van der Waals surface area contributed by atoms with Crippen molar-refractivity contribution in [2.24, 2.45) is 0 Å². The van der Waals surface area contributed by atoms with E-state index in [9.17, 15) is 0 Å². The molecule has 0 unspecified atom stereocenters. The number of ether oxygens (including phenoxy) is 1. The zero-order chi connectivity index (χ0) is 18.4. The Morgan fingerprint density at radius 2 is 1.73 bits per heavy atom. The molecule has 26 heavy (non-hydrogen) atoms. The smallest absolute Gasteiger partial charge is 0.162 e. The van der Waals surface area contributed by atoms with Crippen LogP contribution in [0.4, 0.5) is 5.82 Å². The van der Waals surface area contributed by atoms with E-state index >= 15 is 0 Å². The predicted molar refractivity (Wildman–Crippen MR) is 104 cm³/mol. The van der Waals surface area contributed by atoms with E-state index in [1.807, 2.05) is 26.0 Å². The summed E-state index contributed by atoms with van der Waals surface area (Å²) in [7, 11) is 1.65. The first-order chi connectivity index (χ1) is 12.9. The zero-order valence-corrected chi connectivity index (χ0v) is 15.4. The molecular formula is C19H24N6O. The minimum absolute atomic E-state index is 0.675. The fourth-order valence-corrected chi connectivity index (χ4v) is 2.93. The first-order valence-corrected chi connectivity index (χ1v) is 8.92. The molecule has 1 fully saturated rings. The molecule has 4 rings (SSSR count). The minimum Gasteiger partial charge on any atom is -0.494 e. The largest absolute Gasteiger partial charge is 0.494 e. The van der Waals surface area contributed by atoms with E-state index in [0.717, 1.165) is 48.5 Å². The Hall–Kier alpha value is -2.80. The Morgan fingerprint density at radius 1 is 1.00 bits per heavy atom. The first kappa shape index (κ1) is 18.0. The fourth-order valence-electron chi connectivity index (χ4n) is 2.93. The van der Waals surface area contributed by atoms with Crippen LogP contribution in [0.25, 0.3) is 22.3 Å². The van der Waals surface area contributed by atoms with Gasteiger partial charge in [-0.3, -0.25) is 9.97 Å². The number of piperazine rings is 1. The molecule has 1 saturated heterocycles. The quantitative estimate of drug-likeness (QED) is 0.776. The van der Waals surface area contributed by atoms with Gasteiger partial charge in [-0.25, -0.2) is 9.97 Å². The highest BCUT2D eigenvalue weighted by molar-refractivity contribution is 5.95. The van der Waals surface area contributed by atoms with Crippen molar-refractivity contribution in [3.8, 4) is 17.1 Å². The molecule has 3 aromatic heterocycles. The average molecular weight is 352 g/mol. The van der Waals surface area contributed by atoms with Gasteiger partial charge in [0.05, 0.1) is 30.4 Å². The molecular weight excluding hydrogens is 328 g/mol. The maximum Gasteiger partial charge on any atom is 0.162 e. The van der Waals surface area contributed by atoms with Crippen LogP contribution in [0.1, 0.15) is 13.8 Å². The fraction of sp³-hybridized carbons (Fsp3) is 0.368. The number of anilines is 1. The van der Waals surface area contributed by atoms with E-state index in [1.54, 1.807) is 31.9 Å². The van der Waals surface area contributed by atoms with E-state index in [0.29, 0.717) is 11.6 Å². The van der Waals surface area contributed by atoms with Crippen LogP contribution in [0.3, 0.4) is 0 Å². The van der Waals surface area contributed by atoms with E-state index in [4.69, 9.17) is 9.72 Å². The van der Waals surface area contributed by atoms with E-state index in [1.165, 1.54) is 0 Å². The number of rotatable bonds is 3. The Morgan fingerprint density at radius 3 is 2.42 bits per heavy atom. The highest BCUT2D eigenvalue weighted by atomic mass is 16.5. The highest BCUT2D eigenvalue weighted by Gasteiger charge is 2.20. The molecule has 1 aliphatic rings. The van der Waals surface area contributed by atoms with Crippen molar-refractivity contribution in [1.29, 1.82) is 0 Å². The molecule has 0 saturated carbocycles. The van der Waals surface area contributed by atoms with Crippen LogP contribution in [0, 0.1) is 0 Å². The van der Waals surface area contributed by atoms with Crippen molar-refractivity contribution in [2.75, 3.05) is 38.2 Å². The van der Waals surface area contributed by atoms with Crippen LogP contribution in [0.2, 0.25) is 0 Å². The Labute approximate surface area is 153 Å². The van der Waals surface area contributed by atoms with Gasteiger partial charge >= 0.3 is 0 Å². The van der Waals surface area contributed by atoms with Crippen LogP contribution in [0.5, 0.6) is 5.75 Å². The molecule has 4 heterocycles. The summed E-state index contributed by atoms with van der Waals surface area (Å²) in [6.07, 6.45) is 6.97. The molecule has 0 spiro atoms. The second-order valence-corrected chi connectivity index (χ2v) is 5.58.